The number of likely N-dealkylation sites (tertiary alicyclic amines) is 1. The van der Waals surface area contributed by atoms with Crippen molar-refractivity contribution in [3.8, 4) is 5.75 Å². The van der Waals surface area contributed by atoms with Crippen molar-refractivity contribution >= 4 is 21.4 Å². The van der Waals surface area contributed by atoms with E-state index in [9.17, 15) is 8.42 Å². The number of nitrogens with zero attached hydrogens (tertiary/aromatic N) is 3. The molecule has 0 atom stereocenters. The fourth-order valence-electron chi connectivity index (χ4n) is 4.27. The van der Waals surface area contributed by atoms with Crippen molar-refractivity contribution in [3.63, 3.8) is 0 Å². The maximum atomic E-state index is 13.6. The van der Waals surface area contributed by atoms with Gasteiger partial charge < -0.3 is 9.64 Å². The van der Waals surface area contributed by atoms with Crippen molar-refractivity contribution in [1.82, 2.24) is 14.2 Å². The number of hydrogen-bond donors (Lipinski definition) is 0. The molecule has 0 unspecified atom stereocenters. The Morgan fingerprint density at radius 1 is 1.03 bits per heavy atom. The summed E-state index contributed by atoms with van der Waals surface area (Å²) in [5.74, 6) is 0.854. The molecule has 0 amide bonds. The number of aryl methyl sites for hydroxylation is 2. The van der Waals surface area contributed by atoms with Crippen LogP contribution in [0.4, 0.5) is 0 Å². The lowest BCUT2D eigenvalue weighted by molar-refractivity contribution is 0.211. The summed E-state index contributed by atoms with van der Waals surface area (Å²) in [6.07, 6.45) is 3.62. The first-order chi connectivity index (χ1) is 16.8. The molecule has 0 spiro atoms. The Labute approximate surface area is 213 Å². The van der Waals surface area contributed by atoms with Crippen molar-refractivity contribution in [2.24, 2.45) is 0 Å². The van der Waals surface area contributed by atoms with Crippen LogP contribution in [0.25, 0.3) is 0 Å². The van der Waals surface area contributed by atoms with E-state index >= 15 is 0 Å². The van der Waals surface area contributed by atoms with Crippen LogP contribution >= 0.6 is 11.3 Å². The summed E-state index contributed by atoms with van der Waals surface area (Å²) in [5, 5.41) is 2.78. The Morgan fingerprint density at radius 3 is 2.51 bits per heavy atom. The molecule has 6 nitrogen and oxygen atoms in total. The summed E-state index contributed by atoms with van der Waals surface area (Å²) in [6, 6.07) is 13.1. The monoisotopic (exact) mass is 513 g/mol. The first-order valence-electron chi connectivity index (χ1n) is 12.2. The summed E-state index contributed by atoms with van der Waals surface area (Å²) < 4.78 is 34.7. The van der Waals surface area contributed by atoms with Crippen LogP contribution in [0.3, 0.4) is 0 Å². The molecule has 8 heteroatoms. The van der Waals surface area contributed by atoms with E-state index < -0.39 is 10.0 Å². The third-order valence-corrected chi connectivity index (χ3v) is 9.35. The summed E-state index contributed by atoms with van der Waals surface area (Å²) in [5.41, 5.74) is 4.10. The molecule has 3 aromatic rings. The van der Waals surface area contributed by atoms with Gasteiger partial charge in [-0.3, -0.25) is 0 Å². The number of hydrogen-bond acceptors (Lipinski definition) is 6. The van der Waals surface area contributed by atoms with Gasteiger partial charge >= 0.3 is 0 Å². The quantitative estimate of drug-likeness (QED) is 0.367. The molecule has 0 aliphatic carbocycles. The lowest BCUT2D eigenvalue weighted by Crippen LogP contribution is -2.40. The van der Waals surface area contributed by atoms with Crippen LogP contribution in [0.2, 0.25) is 0 Å². The Bertz CT molecular complexity index is 1220. The Kier molecular flexibility index (Phi) is 8.59. The van der Waals surface area contributed by atoms with Gasteiger partial charge in [-0.1, -0.05) is 36.2 Å². The van der Waals surface area contributed by atoms with Crippen LogP contribution in [0.5, 0.6) is 5.75 Å². The van der Waals surface area contributed by atoms with Gasteiger partial charge in [0.1, 0.15) is 17.4 Å². The lowest BCUT2D eigenvalue weighted by atomic mass is 10.1. The van der Waals surface area contributed by atoms with Crippen molar-refractivity contribution in [3.05, 3.63) is 75.2 Å². The highest BCUT2D eigenvalue weighted by atomic mass is 32.2. The number of piperidine rings is 1. The van der Waals surface area contributed by atoms with Gasteiger partial charge in [-0.05, 0) is 76.0 Å². The summed E-state index contributed by atoms with van der Waals surface area (Å²) in [4.78, 5) is 7.40. The van der Waals surface area contributed by atoms with Gasteiger partial charge in [0.05, 0.1) is 17.1 Å². The number of ether oxygens (including phenoxy) is 1. The normalized spacial score (nSPS) is 15.0. The highest BCUT2D eigenvalue weighted by Gasteiger charge is 2.26. The zero-order valence-corrected chi connectivity index (χ0v) is 22.5. The molecule has 0 saturated carbocycles. The molecule has 0 bridgehead atoms. The topological polar surface area (TPSA) is 62.7 Å². The number of aromatic nitrogens is 1. The van der Waals surface area contributed by atoms with Gasteiger partial charge in [-0.2, -0.15) is 4.31 Å². The molecule has 1 saturated heterocycles. The third-order valence-electron chi connectivity index (χ3n) is 6.62. The number of sulfonamides is 1. The van der Waals surface area contributed by atoms with Crippen LogP contribution in [-0.2, 0) is 23.2 Å². The van der Waals surface area contributed by atoms with Crippen LogP contribution in [0, 0.1) is 20.8 Å². The first-order valence-corrected chi connectivity index (χ1v) is 14.6. The van der Waals surface area contributed by atoms with Gasteiger partial charge in [0, 0.05) is 18.5 Å². The smallest absolute Gasteiger partial charge is 0.243 e. The van der Waals surface area contributed by atoms with E-state index in [1.807, 2.05) is 43.5 Å². The maximum Gasteiger partial charge on any atom is 0.243 e. The molecular formula is C27H35N3O3S2. The van der Waals surface area contributed by atoms with Crippen molar-refractivity contribution in [2.45, 2.75) is 58.1 Å². The predicted octanol–water partition coefficient (Wildman–Crippen LogP) is 5.32. The Balaban J connectivity index is 1.47. The summed E-state index contributed by atoms with van der Waals surface area (Å²) >= 11 is 1.51. The highest BCUT2D eigenvalue weighted by molar-refractivity contribution is 7.89. The van der Waals surface area contributed by atoms with Crippen molar-refractivity contribution < 1.29 is 13.2 Å². The fourth-order valence-corrected chi connectivity index (χ4v) is 6.37. The Morgan fingerprint density at radius 2 is 1.77 bits per heavy atom. The van der Waals surface area contributed by atoms with Gasteiger partial charge in [0.25, 0.3) is 0 Å². The van der Waals surface area contributed by atoms with E-state index in [2.05, 4.69) is 17.9 Å². The average Bonchev–Trinajstić information content (AvgIpc) is 3.31. The van der Waals surface area contributed by atoms with Crippen LogP contribution in [0.15, 0.2) is 52.7 Å². The average molecular weight is 514 g/mol. The zero-order valence-electron chi connectivity index (χ0n) is 20.9. The van der Waals surface area contributed by atoms with E-state index in [4.69, 9.17) is 9.72 Å². The molecule has 188 valence electrons. The highest BCUT2D eigenvalue weighted by Crippen LogP contribution is 2.24. The maximum absolute atomic E-state index is 13.6. The fraction of sp³-hybridized carbons (Fsp3) is 0.444. The minimum absolute atomic E-state index is 0.254. The molecule has 2 aromatic carbocycles. The van der Waals surface area contributed by atoms with Crippen molar-refractivity contribution in [2.75, 3.05) is 26.2 Å². The van der Waals surface area contributed by atoms with E-state index in [-0.39, 0.29) is 6.54 Å². The van der Waals surface area contributed by atoms with Crippen LogP contribution in [0.1, 0.15) is 46.7 Å². The second-order valence-corrected chi connectivity index (χ2v) is 12.2. The molecule has 1 aliphatic heterocycles. The standard InChI is InChI=1S/C27H35N3O3S2/c1-21-10-12-25(13-11-21)35(31,32)30(17-16-29-14-5-4-6-15-29)18-24-20-34-27(28-24)19-33-26-9-7-8-22(2)23(26)3/h7-13,20H,4-6,14-19H2,1-3H3. The van der Waals surface area contributed by atoms with Crippen LogP contribution in [-0.4, -0.2) is 48.8 Å². The van der Waals surface area contributed by atoms with E-state index in [1.54, 1.807) is 16.4 Å². The molecule has 4 rings (SSSR count). The molecule has 1 aromatic heterocycles. The minimum Gasteiger partial charge on any atom is -0.486 e. The van der Waals surface area contributed by atoms with E-state index in [1.165, 1.54) is 36.2 Å². The van der Waals surface area contributed by atoms with Gasteiger partial charge in [-0.15, -0.1) is 11.3 Å². The Hall–Kier alpha value is -2.26. The zero-order chi connectivity index (χ0) is 24.8. The van der Waals surface area contributed by atoms with E-state index in [0.29, 0.717) is 18.0 Å². The summed E-state index contributed by atoms with van der Waals surface area (Å²) in [6.45, 7) is 9.95. The van der Waals surface area contributed by atoms with Gasteiger partial charge in [-0.25, -0.2) is 13.4 Å². The lowest BCUT2D eigenvalue weighted by Gasteiger charge is -2.29. The molecular weight excluding hydrogens is 478 g/mol. The number of thiazole rings is 1. The molecule has 0 N–H and O–H groups in total. The van der Waals surface area contributed by atoms with E-state index in [0.717, 1.165) is 47.2 Å². The molecule has 35 heavy (non-hydrogen) atoms. The predicted molar refractivity (Wildman–Crippen MR) is 141 cm³/mol. The van der Waals surface area contributed by atoms with Crippen LogP contribution < -0.4 is 4.74 Å². The third kappa shape index (κ3) is 6.70. The number of benzene rings is 2. The van der Waals surface area contributed by atoms with Gasteiger partial charge in [0.2, 0.25) is 10.0 Å². The first kappa shape index (κ1) is 25.8. The second kappa shape index (κ2) is 11.6. The van der Waals surface area contributed by atoms with Crippen molar-refractivity contribution in [1.29, 1.82) is 0 Å². The summed E-state index contributed by atoms with van der Waals surface area (Å²) in [7, 11) is -3.63. The molecule has 2 heterocycles. The molecule has 0 radical (unpaired) electrons. The minimum atomic E-state index is -3.63. The van der Waals surface area contributed by atoms with Gasteiger partial charge in [0.15, 0.2) is 0 Å². The molecule has 1 fully saturated rings. The SMILES string of the molecule is Cc1ccc(S(=O)(=O)N(CCN2CCCCC2)Cc2csc(COc3cccc(C)c3C)n2)cc1. The largest absolute Gasteiger partial charge is 0.486 e. The number of rotatable bonds is 10. The second-order valence-electron chi connectivity index (χ2n) is 9.27. The molecule has 1 aliphatic rings.